The Labute approximate surface area is 172 Å². The molecule has 1 atom stereocenters. The van der Waals surface area contributed by atoms with Gasteiger partial charge in [0.1, 0.15) is 18.6 Å². The van der Waals surface area contributed by atoms with Crippen LogP contribution in [0.5, 0.6) is 0 Å². The average Bonchev–Trinajstić information content (AvgIpc) is 3.27. The van der Waals surface area contributed by atoms with Gasteiger partial charge in [-0.1, -0.05) is 25.0 Å². The van der Waals surface area contributed by atoms with Gasteiger partial charge >= 0.3 is 12.0 Å². The molecule has 2 N–H and O–H groups in total. The molecule has 1 aromatic rings. The zero-order chi connectivity index (χ0) is 21.5. The molecule has 5 amide bonds. The number of para-hydroxylation sites is 2. The van der Waals surface area contributed by atoms with Crippen molar-refractivity contribution in [1.29, 1.82) is 0 Å². The maximum absolute atomic E-state index is 12.8. The number of rotatable bonds is 4. The van der Waals surface area contributed by atoms with Crippen LogP contribution in [0.25, 0.3) is 0 Å². The molecule has 0 aromatic heterocycles. The van der Waals surface area contributed by atoms with Crippen molar-refractivity contribution in [3.63, 3.8) is 0 Å². The number of carbonyl (C=O) groups excluding carboxylic acids is 5. The van der Waals surface area contributed by atoms with Crippen molar-refractivity contribution >= 4 is 41.1 Å². The molecule has 1 saturated heterocycles. The number of carbonyl (C=O) groups is 5. The second-order valence-electron chi connectivity index (χ2n) is 7.73. The van der Waals surface area contributed by atoms with Crippen LogP contribution in [0, 0.1) is 0 Å². The lowest BCUT2D eigenvalue weighted by Crippen LogP contribution is -2.48. The van der Waals surface area contributed by atoms with Crippen molar-refractivity contribution < 1.29 is 28.7 Å². The minimum atomic E-state index is -1.20. The van der Waals surface area contributed by atoms with E-state index in [1.807, 2.05) is 0 Å². The van der Waals surface area contributed by atoms with Crippen LogP contribution in [0.15, 0.2) is 24.3 Å². The molecule has 30 heavy (non-hydrogen) atoms. The molecule has 2 aliphatic heterocycles. The highest BCUT2D eigenvalue weighted by Gasteiger charge is 2.53. The van der Waals surface area contributed by atoms with E-state index in [0.29, 0.717) is 24.2 Å². The number of benzene rings is 1. The third kappa shape index (κ3) is 3.38. The second-order valence-corrected chi connectivity index (χ2v) is 7.73. The van der Waals surface area contributed by atoms with Gasteiger partial charge in [-0.3, -0.25) is 29.0 Å². The standard InChI is InChI=1S/C20H22N4O6/c1-12(17(27)23-10-15(25)21-13-6-2-3-7-14(13)23)30-16(26)11-24-18(28)20(22-19(24)29)8-4-5-9-20/h2-3,6-7,12H,4-5,8-11H2,1H3,(H,21,25)(H,22,29)/t12-/m0/s1. The first kappa shape index (κ1) is 19.9. The lowest BCUT2D eigenvalue weighted by atomic mass is 9.98. The number of anilines is 2. The summed E-state index contributed by atoms with van der Waals surface area (Å²) < 4.78 is 5.19. The fraction of sp³-hybridized carbons (Fsp3) is 0.450. The number of amides is 5. The van der Waals surface area contributed by atoms with E-state index in [9.17, 15) is 24.0 Å². The zero-order valence-electron chi connectivity index (χ0n) is 16.5. The number of fused-ring (bicyclic) bond motifs is 1. The van der Waals surface area contributed by atoms with E-state index in [0.717, 1.165) is 17.7 Å². The molecule has 2 heterocycles. The first-order chi connectivity index (χ1) is 14.3. The highest BCUT2D eigenvalue weighted by Crippen LogP contribution is 2.35. The maximum Gasteiger partial charge on any atom is 0.327 e. The highest BCUT2D eigenvalue weighted by molar-refractivity contribution is 6.11. The summed E-state index contributed by atoms with van der Waals surface area (Å²) in [7, 11) is 0. The predicted molar refractivity (Wildman–Crippen MR) is 104 cm³/mol. The van der Waals surface area contributed by atoms with Crippen molar-refractivity contribution in [2.75, 3.05) is 23.3 Å². The SMILES string of the molecule is C[C@H](OC(=O)CN1C(=O)NC2(CCCC2)C1=O)C(=O)N1CC(=O)Nc2ccccc21. The van der Waals surface area contributed by atoms with E-state index < -0.39 is 42.0 Å². The summed E-state index contributed by atoms with van der Waals surface area (Å²) in [6.07, 6.45) is 1.57. The van der Waals surface area contributed by atoms with E-state index in [1.54, 1.807) is 24.3 Å². The molecular weight excluding hydrogens is 392 g/mol. The molecule has 1 saturated carbocycles. The Kier molecular flexibility index (Phi) is 4.92. The molecule has 0 radical (unpaired) electrons. The predicted octanol–water partition coefficient (Wildman–Crippen LogP) is 0.768. The van der Waals surface area contributed by atoms with Gasteiger partial charge in [-0.2, -0.15) is 0 Å². The van der Waals surface area contributed by atoms with Gasteiger partial charge < -0.3 is 15.4 Å². The second kappa shape index (κ2) is 7.43. The van der Waals surface area contributed by atoms with Gasteiger partial charge in [-0.25, -0.2) is 4.79 Å². The summed E-state index contributed by atoms with van der Waals surface area (Å²) in [4.78, 5) is 64.0. The van der Waals surface area contributed by atoms with Gasteiger partial charge in [0.2, 0.25) is 5.91 Å². The topological polar surface area (TPSA) is 125 Å². The first-order valence-electron chi connectivity index (χ1n) is 9.84. The summed E-state index contributed by atoms with van der Waals surface area (Å²) in [5.41, 5.74) is 0.0769. The number of hydrogen-bond donors (Lipinski definition) is 2. The Morgan fingerprint density at radius 2 is 1.87 bits per heavy atom. The number of nitrogens with zero attached hydrogens (tertiary/aromatic N) is 2. The molecule has 0 unspecified atom stereocenters. The van der Waals surface area contributed by atoms with Gasteiger partial charge in [-0.05, 0) is 31.9 Å². The quantitative estimate of drug-likeness (QED) is 0.554. The van der Waals surface area contributed by atoms with Crippen LogP contribution >= 0.6 is 0 Å². The minimum absolute atomic E-state index is 0.201. The zero-order valence-corrected chi connectivity index (χ0v) is 16.5. The van der Waals surface area contributed by atoms with Gasteiger partial charge in [-0.15, -0.1) is 0 Å². The van der Waals surface area contributed by atoms with Crippen LogP contribution in [-0.4, -0.2) is 59.4 Å². The summed E-state index contributed by atoms with van der Waals surface area (Å²) >= 11 is 0. The lowest BCUT2D eigenvalue weighted by Gasteiger charge is -2.30. The Bertz CT molecular complexity index is 939. The van der Waals surface area contributed by atoms with Crippen molar-refractivity contribution in [3.8, 4) is 0 Å². The highest BCUT2D eigenvalue weighted by atomic mass is 16.5. The van der Waals surface area contributed by atoms with E-state index in [1.165, 1.54) is 11.8 Å². The van der Waals surface area contributed by atoms with Crippen LogP contribution in [0.4, 0.5) is 16.2 Å². The number of nitrogens with one attached hydrogen (secondary N) is 2. The van der Waals surface area contributed by atoms with Gasteiger partial charge in [0.05, 0.1) is 11.4 Å². The Hall–Kier alpha value is -3.43. The minimum Gasteiger partial charge on any atom is -0.451 e. The third-order valence-corrected chi connectivity index (χ3v) is 5.68. The van der Waals surface area contributed by atoms with E-state index >= 15 is 0 Å². The number of ether oxygens (including phenoxy) is 1. The molecule has 2 fully saturated rings. The summed E-state index contributed by atoms with van der Waals surface area (Å²) in [6, 6.07) is 6.17. The molecule has 158 valence electrons. The molecule has 1 aromatic carbocycles. The Morgan fingerprint density at radius 3 is 2.60 bits per heavy atom. The maximum atomic E-state index is 12.8. The smallest absolute Gasteiger partial charge is 0.327 e. The normalized spacial score (nSPS) is 20.6. The molecule has 1 spiro atoms. The monoisotopic (exact) mass is 414 g/mol. The van der Waals surface area contributed by atoms with Crippen molar-refractivity contribution in [1.82, 2.24) is 10.2 Å². The van der Waals surface area contributed by atoms with E-state index in [2.05, 4.69) is 10.6 Å². The van der Waals surface area contributed by atoms with Crippen LogP contribution < -0.4 is 15.5 Å². The first-order valence-corrected chi connectivity index (χ1v) is 9.84. The average molecular weight is 414 g/mol. The largest absolute Gasteiger partial charge is 0.451 e. The number of esters is 1. The van der Waals surface area contributed by atoms with E-state index in [-0.39, 0.29) is 12.5 Å². The summed E-state index contributed by atoms with van der Waals surface area (Å²) in [5.74, 6) is -2.23. The van der Waals surface area contributed by atoms with E-state index in [4.69, 9.17) is 4.74 Å². The molecule has 10 heteroatoms. The van der Waals surface area contributed by atoms with Crippen LogP contribution in [0.2, 0.25) is 0 Å². The number of hydrogen-bond acceptors (Lipinski definition) is 6. The molecule has 4 rings (SSSR count). The fourth-order valence-electron chi connectivity index (χ4n) is 4.20. The van der Waals surface area contributed by atoms with Gasteiger partial charge in [0, 0.05) is 0 Å². The third-order valence-electron chi connectivity index (χ3n) is 5.68. The number of urea groups is 1. The lowest BCUT2D eigenvalue weighted by molar-refractivity contribution is -0.156. The molecule has 10 nitrogen and oxygen atoms in total. The Morgan fingerprint density at radius 1 is 1.17 bits per heavy atom. The van der Waals surface area contributed by atoms with Gasteiger partial charge in [0.25, 0.3) is 11.8 Å². The van der Waals surface area contributed by atoms with Crippen molar-refractivity contribution in [3.05, 3.63) is 24.3 Å². The Balaban J connectivity index is 1.40. The van der Waals surface area contributed by atoms with Gasteiger partial charge in [0.15, 0.2) is 6.10 Å². The van der Waals surface area contributed by atoms with Crippen LogP contribution in [0.1, 0.15) is 32.6 Å². The van der Waals surface area contributed by atoms with Crippen LogP contribution in [-0.2, 0) is 23.9 Å². The molecule has 0 bridgehead atoms. The summed E-state index contributed by atoms with van der Waals surface area (Å²) in [5, 5.41) is 5.37. The molecule has 1 aliphatic carbocycles. The summed E-state index contributed by atoms with van der Waals surface area (Å²) in [6.45, 7) is 0.619. The van der Waals surface area contributed by atoms with Crippen molar-refractivity contribution in [2.24, 2.45) is 0 Å². The molecule has 3 aliphatic rings. The van der Waals surface area contributed by atoms with Crippen LogP contribution in [0.3, 0.4) is 0 Å². The number of imide groups is 1. The van der Waals surface area contributed by atoms with Crippen molar-refractivity contribution in [2.45, 2.75) is 44.2 Å². The molecular formula is C20H22N4O6. The fourth-order valence-corrected chi connectivity index (χ4v) is 4.20.